The number of hydrogen-bond donors (Lipinski definition) is 1. The standard InChI is InChI=1S/C4H4F3N2O/c5-4(6,7)10-3-1-2-8-9-3/h1-3,9H. The Balaban J connectivity index is 2.31. The average molecular weight is 153 g/mol. The van der Waals surface area contributed by atoms with Crippen molar-refractivity contribution in [2.24, 2.45) is 0 Å². The number of ether oxygens (including phenoxy) is 1. The minimum Gasteiger partial charge on any atom is -0.268 e. The average Bonchev–Trinajstić information content (AvgIpc) is 2.12. The van der Waals surface area contributed by atoms with E-state index in [0.717, 1.165) is 6.08 Å². The van der Waals surface area contributed by atoms with Gasteiger partial charge in [0.1, 0.15) is 0 Å². The lowest BCUT2D eigenvalue weighted by Crippen LogP contribution is -2.33. The number of nitrogens with zero attached hydrogens (tertiary/aromatic N) is 1. The van der Waals surface area contributed by atoms with Crippen LogP contribution in [-0.2, 0) is 4.74 Å². The van der Waals surface area contributed by atoms with E-state index >= 15 is 0 Å². The molecule has 0 aliphatic carbocycles. The minimum atomic E-state index is -4.61. The van der Waals surface area contributed by atoms with Crippen LogP contribution in [0.2, 0.25) is 0 Å². The highest BCUT2D eigenvalue weighted by molar-refractivity contribution is 4.91. The van der Waals surface area contributed by atoms with Crippen molar-refractivity contribution in [2.75, 3.05) is 0 Å². The summed E-state index contributed by atoms with van der Waals surface area (Å²) in [7, 11) is 0. The summed E-state index contributed by atoms with van der Waals surface area (Å²) >= 11 is 0. The molecule has 0 bridgehead atoms. The first kappa shape index (κ1) is 7.36. The molecule has 1 aliphatic heterocycles. The third kappa shape index (κ3) is 2.24. The van der Waals surface area contributed by atoms with Gasteiger partial charge in [0.25, 0.3) is 0 Å². The fraction of sp³-hybridized carbons (Fsp3) is 0.500. The largest absolute Gasteiger partial charge is 0.524 e. The van der Waals surface area contributed by atoms with Crippen molar-refractivity contribution in [2.45, 2.75) is 12.6 Å². The van der Waals surface area contributed by atoms with E-state index in [2.05, 4.69) is 15.6 Å². The van der Waals surface area contributed by atoms with Crippen LogP contribution >= 0.6 is 0 Å². The second-order valence-corrected chi connectivity index (χ2v) is 1.58. The maximum absolute atomic E-state index is 11.4. The number of halogens is 3. The molecule has 1 radical (unpaired) electrons. The van der Waals surface area contributed by atoms with Crippen LogP contribution in [-0.4, -0.2) is 12.6 Å². The van der Waals surface area contributed by atoms with Gasteiger partial charge in [-0.2, -0.15) is 5.43 Å². The van der Waals surface area contributed by atoms with Gasteiger partial charge in [-0.3, -0.25) is 4.74 Å². The Labute approximate surface area is 54.8 Å². The molecule has 1 rings (SSSR count). The van der Waals surface area contributed by atoms with Crippen LogP contribution in [0.25, 0.3) is 0 Å². The lowest BCUT2D eigenvalue weighted by atomic mass is 10.6. The van der Waals surface area contributed by atoms with Crippen molar-refractivity contribution in [3.8, 4) is 0 Å². The van der Waals surface area contributed by atoms with E-state index in [1.165, 1.54) is 6.20 Å². The van der Waals surface area contributed by atoms with Gasteiger partial charge in [0, 0.05) is 6.20 Å². The normalized spacial score (nSPS) is 24.9. The van der Waals surface area contributed by atoms with E-state index in [9.17, 15) is 13.2 Å². The van der Waals surface area contributed by atoms with Crippen LogP contribution in [0.5, 0.6) is 0 Å². The van der Waals surface area contributed by atoms with Crippen molar-refractivity contribution in [3.63, 3.8) is 0 Å². The molecule has 10 heavy (non-hydrogen) atoms. The highest BCUT2D eigenvalue weighted by Crippen LogP contribution is 2.18. The summed E-state index contributed by atoms with van der Waals surface area (Å²) in [6, 6.07) is 0. The van der Waals surface area contributed by atoms with E-state index in [4.69, 9.17) is 0 Å². The first-order chi connectivity index (χ1) is 4.58. The van der Waals surface area contributed by atoms with Crippen molar-refractivity contribution in [1.29, 1.82) is 0 Å². The molecule has 0 saturated carbocycles. The molecule has 0 fully saturated rings. The fourth-order valence-electron chi connectivity index (χ4n) is 0.490. The highest BCUT2D eigenvalue weighted by Gasteiger charge is 2.33. The van der Waals surface area contributed by atoms with Gasteiger partial charge in [0.15, 0.2) is 6.23 Å². The molecule has 1 unspecified atom stereocenters. The zero-order valence-electron chi connectivity index (χ0n) is 4.72. The Hall–Kier alpha value is -0.750. The molecule has 0 amide bonds. The van der Waals surface area contributed by atoms with Crippen molar-refractivity contribution in [3.05, 3.63) is 12.3 Å². The van der Waals surface area contributed by atoms with Crippen molar-refractivity contribution >= 4 is 0 Å². The second-order valence-electron chi connectivity index (χ2n) is 1.58. The summed E-state index contributed by atoms with van der Waals surface area (Å²) in [6.45, 7) is 0. The number of rotatable bonds is 1. The molecular formula is C4H4F3N2O. The molecule has 1 N–H and O–H groups in total. The van der Waals surface area contributed by atoms with E-state index < -0.39 is 12.6 Å². The Morgan fingerprint density at radius 1 is 1.50 bits per heavy atom. The van der Waals surface area contributed by atoms with Gasteiger partial charge in [-0.25, -0.2) is 5.43 Å². The van der Waals surface area contributed by atoms with Gasteiger partial charge in [0.2, 0.25) is 0 Å². The van der Waals surface area contributed by atoms with E-state index in [1.807, 2.05) is 0 Å². The number of nitrogens with one attached hydrogen (secondary N) is 1. The maximum atomic E-state index is 11.4. The summed E-state index contributed by atoms with van der Waals surface area (Å²) in [6.07, 6.45) is -3.41. The first-order valence-corrected chi connectivity index (χ1v) is 2.44. The van der Waals surface area contributed by atoms with E-state index in [-0.39, 0.29) is 0 Å². The second kappa shape index (κ2) is 2.47. The summed E-state index contributed by atoms with van der Waals surface area (Å²) in [5, 5.41) is 0. The monoisotopic (exact) mass is 153 g/mol. The van der Waals surface area contributed by atoms with Crippen molar-refractivity contribution < 1.29 is 17.9 Å². The predicted octanol–water partition coefficient (Wildman–Crippen LogP) is 0.485. The van der Waals surface area contributed by atoms with Gasteiger partial charge in [-0.05, 0) is 6.08 Å². The molecule has 3 nitrogen and oxygen atoms in total. The lowest BCUT2D eigenvalue weighted by Gasteiger charge is -2.11. The summed E-state index contributed by atoms with van der Waals surface area (Å²) in [5.41, 5.74) is 5.38. The summed E-state index contributed by atoms with van der Waals surface area (Å²) in [5.74, 6) is 0. The molecule has 0 aromatic carbocycles. The molecular weight excluding hydrogens is 149 g/mol. The molecule has 1 heterocycles. The quantitative estimate of drug-likeness (QED) is 0.594. The molecule has 0 aromatic rings. The molecule has 0 spiro atoms. The summed E-state index contributed by atoms with van der Waals surface area (Å²) < 4.78 is 37.6. The van der Waals surface area contributed by atoms with E-state index in [1.54, 1.807) is 0 Å². The van der Waals surface area contributed by atoms with Crippen molar-refractivity contribution in [1.82, 2.24) is 10.9 Å². The Kier molecular flexibility index (Phi) is 1.82. The van der Waals surface area contributed by atoms with Gasteiger partial charge in [0.05, 0.1) is 0 Å². The first-order valence-electron chi connectivity index (χ1n) is 2.44. The van der Waals surface area contributed by atoms with Crippen LogP contribution in [0.4, 0.5) is 13.2 Å². The van der Waals surface area contributed by atoms with Gasteiger partial charge in [-0.1, -0.05) is 0 Å². The van der Waals surface area contributed by atoms with Crippen LogP contribution in [0.3, 0.4) is 0 Å². The van der Waals surface area contributed by atoms with Crippen LogP contribution in [0, 0.1) is 0 Å². The summed E-state index contributed by atoms with van der Waals surface area (Å²) in [4.78, 5) is 0. The molecule has 6 heteroatoms. The Bertz CT molecular complexity index is 144. The third-order valence-corrected chi connectivity index (χ3v) is 0.798. The Morgan fingerprint density at radius 3 is 2.60 bits per heavy atom. The number of hydrogen-bond acceptors (Lipinski definition) is 2. The highest BCUT2D eigenvalue weighted by atomic mass is 19.4. The molecule has 1 atom stereocenters. The molecule has 57 valence electrons. The van der Waals surface area contributed by atoms with Crippen LogP contribution in [0.1, 0.15) is 0 Å². The fourth-order valence-corrected chi connectivity index (χ4v) is 0.490. The van der Waals surface area contributed by atoms with Crippen LogP contribution in [0.15, 0.2) is 12.3 Å². The smallest absolute Gasteiger partial charge is 0.268 e. The zero-order valence-corrected chi connectivity index (χ0v) is 4.72. The van der Waals surface area contributed by atoms with Gasteiger partial charge >= 0.3 is 6.36 Å². The minimum absolute atomic E-state index is 1.16. The van der Waals surface area contributed by atoms with Gasteiger partial charge in [-0.15, -0.1) is 13.2 Å². The maximum Gasteiger partial charge on any atom is 0.524 e. The van der Waals surface area contributed by atoms with E-state index in [0.29, 0.717) is 0 Å². The predicted molar refractivity (Wildman–Crippen MR) is 25.3 cm³/mol. The van der Waals surface area contributed by atoms with Gasteiger partial charge < -0.3 is 0 Å². The molecule has 1 aliphatic rings. The lowest BCUT2D eigenvalue weighted by molar-refractivity contribution is -0.339. The third-order valence-electron chi connectivity index (χ3n) is 0.798. The Morgan fingerprint density at radius 2 is 2.20 bits per heavy atom. The SMILES string of the molecule is FC(F)(F)OC1C=C[N]N1. The number of alkyl halides is 3. The van der Waals surface area contributed by atoms with Crippen LogP contribution < -0.4 is 10.9 Å². The zero-order chi connectivity index (χ0) is 7.61. The molecule has 0 aromatic heterocycles. The molecule has 0 saturated heterocycles. The topological polar surface area (TPSA) is 35.4 Å².